The molecule has 1 aliphatic rings. The van der Waals surface area contributed by atoms with Gasteiger partial charge in [-0.05, 0) is 37.3 Å². The second kappa shape index (κ2) is 8.60. The highest BCUT2D eigenvalue weighted by molar-refractivity contribution is 5.94. The molecule has 0 radical (unpaired) electrons. The number of pyridine rings is 1. The Labute approximate surface area is 147 Å². The number of carboxylic acids is 1. The number of carboxylic acid groups (broad SMARTS) is 1. The highest BCUT2D eigenvalue weighted by Crippen LogP contribution is 2.19. The Kier molecular flexibility index (Phi) is 6.50. The average Bonchev–Trinajstić information content (AvgIpc) is 2.60. The van der Waals surface area contributed by atoms with Crippen LogP contribution in [0.1, 0.15) is 43.5 Å². The van der Waals surface area contributed by atoms with Crippen LogP contribution in [0.5, 0.6) is 0 Å². The first-order valence-corrected chi connectivity index (χ1v) is 8.61. The molecule has 1 saturated heterocycles. The van der Waals surface area contributed by atoms with Gasteiger partial charge in [0.25, 0.3) is 5.91 Å². The molecule has 0 saturated carbocycles. The minimum Gasteiger partial charge on any atom is -0.480 e. The molecule has 7 nitrogen and oxygen atoms in total. The van der Waals surface area contributed by atoms with Crippen molar-refractivity contribution in [3.8, 4) is 0 Å². The summed E-state index contributed by atoms with van der Waals surface area (Å²) >= 11 is 0. The van der Waals surface area contributed by atoms with E-state index in [0.29, 0.717) is 31.5 Å². The van der Waals surface area contributed by atoms with Crippen molar-refractivity contribution in [3.05, 3.63) is 30.1 Å². The molecule has 2 heterocycles. The van der Waals surface area contributed by atoms with Gasteiger partial charge in [-0.2, -0.15) is 0 Å². The first kappa shape index (κ1) is 18.9. The Morgan fingerprint density at radius 2 is 2.00 bits per heavy atom. The number of nitrogens with zero attached hydrogens (tertiary/aromatic N) is 2. The van der Waals surface area contributed by atoms with E-state index in [1.54, 1.807) is 29.4 Å². The topological polar surface area (TPSA) is 99.6 Å². The fraction of sp³-hybridized carbons (Fsp3) is 0.556. The predicted octanol–water partition coefficient (Wildman–Crippen LogP) is 1.55. The van der Waals surface area contributed by atoms with Gasteiger partial charge < -0.3 is 15.3 Å². The van der Waals surface area contributed by atoms with Gasteiger partial charge in [0.05, 0.1) is 5.92 Å². The summed E-state index contributed by atoms with van der Waals surface area (Å²) in [7, 11) is 0. The van der Waals surface area contributed by atoms with Crippen molar-refractivity contribution >= 4 is 17.8 Å². The van der Waals surface area contributed by atoms with Gasteiger partial charge >= 0.3 is 5.97 Å². The van der Waals surface area contributed by atoms with Gasteiger partial charge in [0.1, 0.15) is 6.04 Å². The number of nitrogens with one attached hydrogen (secondary N) is 1. The van der Waals surface area contributed by atoms with Crippen LogP contribution in [0.3, 0.4) is 0 Å². The van der Waals surface area contributed by atoms with Gasteiger partial charge in [-0.15, -0.1) is 0 Å². The summed E-state index contributed by atoms with van der Waals surface area (Å²) in [6.07, 6.45) is 4.87. The number of rotatable bonds is 6. The molecule has 1 aromatic rings. The molecular weight excluding hydrogens is 322 g/mol. The second-order valence-corrected chi connectivity index (χ2v) is 6.86. The summed E-state index contributed by atoms with van der Waals surface area (Å²) < 4.78 is 0. The lowest BCUT2D eigenvalue weighted by Crippen LogP contribution is -2.49. The molecule has 1 fully saturated rings. The van der Waals surface area contributed by atoms with Crippen molar-refractivity contribution < 1.29 is 19.5 Å². The fourth-order valence-corrected chi connectivity index (χ4v) is 3.04. The van der Waals surface area contributed by atoms with E-state index < -0.39 is 12.0 Å². The molecule has 136 valence electrons. The molecule has 0 bridgehead atoms. The largest absolute Gasteiger partial charge is 0.480 e. The molecule has 1 aromatic heterocycles. The molecule has 25 heavy (non-hydrogen) atoms. The van der Waals surface area contributed by atoms with Crippen molar-refractivity contribution in [2.75, 3.05) is 13.1 Å². The maximum Gasteiger partial charge on any atom is 0.326 e. The molecule has 7 heteroatoms. The molecule has 2 atom stereocenters. The van der Waals surface area contributed by atoms with Crippen LogP contribution in [0.2, 0.25) is 0 Å². The van der Waals surface area contributed by atoms with Gasteiger partial charge in [-0.1, -0.05) is 13.8 Å². The van der Waals surface area contributed by atoms with E-state index in [-0.39, 0.29) is 23.7 Å². The minimum atomic E-state index is -1.03. The van der Waals surface area contributed by atoms with Crippen molar-refractivity contribution in [1.29, 1.82) is 0 Å². The Morgan fingerprint density at radius 1 is 1.32 bits per heavy atom. The third-order valence-electron chi connectivity index (χ3n) is 4.33. The van der Waals surface area contributed by atoms with Gasteiger partial charge in [0.2, 0.25) is 5.91 Å². The molecule has 0 aromatic carbocycles. The summed E-state index contributed by atoms with van der Waals surface area (Å²) in [5.41, 5.74) is 0.541. The quantitative estimate of drug-likeness (QED) is 0.813. The van der Waals surface area contributed by atoms with Crippen molar-refractivity contribution in [1.82, 2.24) is 15.2 Å². The smallest absolute Gasteiger partial charge is 0.326 e. The number of hydrogen-bond donors (Lipinski definition) is 2. The van der Waals surface area contributed by atoms with E-state index >= 15 is 0 Å². The van der Waals surface area contributed by atoms with Gasteiger partial charge in [-0.25, -0.2) is 4.79 Å². The van der Waals surface area contributed by atoms with E-state index in [4.69, 9.17) is 0 Å². The van der Waals surface area contributed by atoms with Crippen LogP contribution in [0.15, 0.2) is 24.5 Å². The Balaban J connectivity index is 1.99. The van der Waals surface area contributed by atoms with Crippen LogP contribution in [0.4, 0.5) is 0 Å². The number of carbonyl (C=O) groups is 3. The maximum atomic E-state index is 12.5. The number of likely N-dealkylation sites (tertiary alicyclic amines) is 1. The number of piperidine rings is 1. The first-order chi connectivity index (χ1) is 11.9. The maximum absolute atomic E-state index is 12.5. The highest BCUT2D eigenvalue weighted by Gasteiger charge is 2.31. The Bertz CT molecular complexity index is 618. The minimum absolute atomic E-state index is 0.128. The Morgan fingerprint density at radius 3 is 2.60 bits per heavy atom. The molecule has 2 amide bonds. The molecule has 0 aliphatic carbocycles. The zero-order valence-electron chi connectivity index (χ0n) is 14.6. The van der Waals surface area contributed by atoms with Crippen LogP contribution in [-0.2, 0) is 9.59 Å². The molecule has 2 rings (SSSR count). The normalized spacial score (nSPS) is 18.7. The van der Waals surface area contributed by atoms with Crippen molar-refractivity contribution in [2.24, 2.45) is 11.8 Å². The van der Waals surface area contributed by atoms with E-state index in [9.17, 15) is 19.5 Å². The number of carbonyl (C=O) groups excluding carboxylic acids is 2. The number of hydrogen-bond acceptors (Lipinski definition) is 4. The third kappa shape index (κ3) is 5.27. The third-order valence-corrected chi connectivity index (χ3v) is 4.33. The summed E-state index contributed by atoms with van der Waals surface area (Å²) in [5.74, 6) is -1.66. The fourth-order valence-electron chi connectivity index (χ4n) is 3.04. The lowest BCUT2D eigenvalue weighted by molar-refractivity contribution is -0.143. The van der Waals surface area contributed by atoms with E-state index in [1.807, 2.05) is 13.8 Å². The van der Waals surface area contributed by atoms with Crippen LogP contribution in [-0.4, -0.2) is 51.9 Å². The van der Waals surface area contributed by atoms with Crippen LogP contribution in [0.25, 0.3) is 0 Å². The monoisotopic (exact) mass is 347 g/mol. The standard InChI is InChI=1S/C18H25N3O4/c1-12(2)10-15(18(24)25)20-16(22)14-4-3-9-21(11-14)17(23)13-5-7-19-8-6-13/h5-8,12,14-15H,3-4,9-11H2,1-2H3,(H,20,22)(H,24,25). The SMILES string of the molecule is CC(C)CC(NC(=O)C1CCCN(C(=O)c2ccncc2)C1)C(=O)O. The molecular formula is C18H25N3O4. The first-order valence-electron chi connectivity index (χ1n) is 8.61. The van der Waals surface area contributed by atoms with E-state index in [1.165, 1.54) is 0 Å². The van der Waals surface area contributed by atoms with Crippen LogP contribution >= 0.6 is 0 Å². The summed E-state index contributed by atoms with van der Waals surface area (Å²) in [5, 5.41) is 11.9. The molecule has 2 N–H and O–H groups in total. The molecule has 2 unspecified atom stereocenters. The van der Waals surface area contributed by atoms with Gasteiger partial charge in [-0.3, -0.25) is 14.6 Å². The van der Waals surface area contributed by atoms with Crippen molar-refractivity contribution in [2.45, 2.75) is 39.2 Å². The average molecular weight is 347 g/mol. The Hall–Kier alpha value is -2.44. The summed E-state index contributed by atoms with van der Waals surface area (Å²) in [6.45, 7) is 4.73. The van der Waals surface area contributed by atoms with Crippen LogP contribution in [0, 0.1) is 11.8 Å². The summed E-state index contributed by atoms with van der Waals surface area (Å²) in [6, 6.07) is 2.41. The lowest BCUT2D eigenvalue weighted by Gasteiger charge is -2.32. The number of amides is 2. The van der Waals surface area contributed by atoms with Gasteiger partial charge in [0, 0.05) is 31.0 Å². The number of aromatic nitrogens is 1. The highest BCUT2D eigenvalue weighted by atomic mass is 16.4. The summed E-state index contributed by atoms with van der Waals surface area (Å²) in [4.78, 5) is 41.9. The predicted molar refractivity (Wildman–Crippen MR) is 91.9 cm³/mol. The zero-order chi connectivity index (χ0) is 18.4. The van der Waals surface area contributed by atoms with Crippen molar-refractivity contribution in [3.63, 3.8) is 0 Å². The zero-order valence-corrected chi connectivity index (χ0v) is 14.6. The van der Waals surface area contributed by atoms with E-state index in [0.717, 1.165) is 6.42 Å². The van der Waals surface area contributed by atoms with E-state index in [2.05, 4.69) is 10.3 Å². The van der Waals surface area contributed by atoms with Gasteiger partial charge in [0.15, 0.2) is 0 Å². The second-order valence-electron chi connectivity index (χ2n) is 6.86. The number of aliphatic carboxylic acids is 1. The van der Waals surface area contributed by atoms with Crippen LogP contribution < -0.4 is 5.32 Å². The molecule has 1 aliphatic heterocycles. The molecule has 0 spiro atoms. The lowest BCUT2D eigenvalue weighted by atomic mass is 9.95.